The Morgan fingerprint density at radius 1 is 1.15 bits per heavy atom. The van der Waals surface area contributed by atoms with Gasteiger partial charge in [0, 0.05) is 13.1 Å². The highest BCUT2D eigenvalue weighted by atomic mass is 19.4. The number of carbonyl (C=O) groups excluding carboxylic acids is 2. The molecule has 0 bridgehead atoms. The molecule has 2 aromatic carbocycles. The zero-order valence-corrected chi connectivity index (χ0v) is 17.9. The van der Waals surface area contributed by atoms with Crippen molar-refractivity contribution in [1.82, 2.24) is 10.2 Å². The number of ether oxygens (including phenoxy) is 1. The molecule has 1 unspecified atom stereocenters. The third kappa shape index (κ3) is 4.67. The summed E-state index contributed by atoms with van der Waals surface area (Å²) in [5.74, 6) is -1.67. The van der Waals surface area contributed by atoms with Crippen molar-refractivity contribution in [3.63, 3.8) is 0 Å². The number of hydrogen-bond acceptors (Lipinski definition) is 4. The van der Waals surface area contributed by atoms with Crippen LogP contribution in [0, 0.1) is 5.92 Å². The van der Waals surface area contributed by atoms with Crippen LogP contribution in [0.1, 0.15) is 35.6 Å². The molecule has 1 atom stereocenters. The van der Waals surface area contributed by atoms with Crippen molar-refractivity contribution in [3.05, 3.63) is 76.6 Å². The summed E-state index contributed by atoms with van der Waals surface area (Å²) in [6.07, 6.45) is -3.00. The average Bonchev–Trinajstić information content (AvgIpc) is 3.59. The maximum absolute atomic E-state index is 13.8. The Hall–Kier alpha value is -3.49. The molecule has 2 amide bonds. The lowest BCUT2D eigenvalue weighted by molar-refractivity contribution is -0.140. The van der Waals surface area contributed by atoms with E-state index in [1.54, 1.807) is 24.3 Å². The fourth-order valence-electron chi connectivity index (χ4n) is 3.99. The molecule has 1 saturated carbocycles. The standard InChI is InChI=1S/C24H23F3N2O4/c1-33-16-10-8-14(9-11-16)12-28-22(31)19-20(17-4-2-3-5-18(17)24(25,26)27)29(13-15-6-7-15)23(32)21(19)30/h2-5,8-11,15,20,30H,6-7,12-13H2,1H3,(H,28,31). The number of aliphatic hydroxyl groups is 1. The number of methoxy groups -OCH3 is 1. The lowest BCUT2D eigenvalue weighted by Gasteiger charge is -2.29. The van der Waals surface area contributed by atoms with Crippen LogP contribution in [0.5, 0.6) is 5.75 Å². The monoisotopic (exact) mass is 460 g/mol. The van der Waals surface area contributed by atoms with Crippen LogP contribution in [0.3, 0.4) is 0 Å². The average molecular weight is 460 g/mol. The van der Waals surface area contributed by atoms with Gasteiger partial charge in [-0.1, -0.05) is 30.3 Å². The van der Waals surface area contributed by atoms with Crippen molar-refractivity contribution in [3.8, 4) is 5.75 Å². The number of nitrogens with one attached hydrogen (secondary N) is 1. The van der Waals surface area contributed by atoms with Gasteiger partial charge in [0.25, 0.3) is 11.8 Å². The van der Waals surface area contributed by atoms with Gasteiger partial charge >= 0.3 is 6.18 Å². The normalized spacial score (nSPS) is 18.6. The van der Waals surface area contributed by atoms with E-state index in [4.69, 9.17) is 4.74 Å². The quantitative estimate of drug-likeness (QED) is 0.651. The first-order valence-corrected chi connectivity index (χ1v) is 10.5. The fraction of sp³-hybridized carbons (Fsp3) is 0.333. The predicted octanol–water partition coefficient (Wildman–Crippen LogP) is 4.14. The Kier molecular flexibility index (Phi) is 6.05. The van der Waals surface area contributed by atoms with Crippen LogP contribution in [-0.2, 0) is 22.3 Å². The molecule has 2 aromatic rings. The Labute approximate surface area is 188 Å². The highest BCUT2D eigenvalue weighted by Gasteiger charge is 2.48. The molecule has 4 rings (SSSR count). The Morgan fingerprint density at radius 2 is 1.82 bits per heavy atom. The SMILES string of the molecule is COc1ccc(CNC(=O)C2=C(O)C(=O)N(CC3CC3)C2c2ccccc2C(F)(F)F)cc1. The van der Waals surface area contributed by atoms with E-state index in [0.717, 1.165) is 24.5 Å². The van der Waals surface area contributed by atoms with Crippen molar-refractivity contribution in [2.45, 2.75) is 31.6 Å². The van der Waals surface area contributed by atoms with Crippen LogP contribution in [0.2, 0.25) is 0 Å². The van der Waals surface area contributed by atoms with E-state index in [1.807, 2.05) is 0 Å². The zero-order chi connectivity index (χ0) is 23.8. The highest BCUT2D eigenvalue weighted by molar-refractivity contribution is 6.08. The van der Waals surface area contributed by atoms with E-state index < -0.39 is 35.4 Å². The molecule has 9 heteroatoms. The minimum atomic E-state index is -4.69. The molecule has 33 heavy (non-hydrogen) atoms. The molecule has 1 aliphatic carbocycles. The number of amides is 2. The lowest BCUT2D eigenvalue weighted by atomic mass is 9.93. The van der Waals surface area contributed by atoms with Crippen molar-refractivity contribution in [1.29, 1.82) is 0 Å². The molecule has 0 spiro atoms. The van der Waals surface area contributed by atoms with Gasteiger partial charge in [0.15, 0.2) is 5.76 Å². The summed E-state index contributed by atoms with van der Waals surface area (Å²) in [5, 5.41) is 13.2. The van der Waals surface area contributed by atoms with Crippen LogP contribution >= 0.6 is 0 Å². The van der Waals surface area contributed by atoms with Gasteiger partial charge in [0.1, 0.15) is 5.75 Å². The minimum Gasteiger partial charge on any atom is -0.503 e. The number of nitrogens with zero attached hydrogens (tertiary/aromatic N) is 1. The van der Waals surface area contributed by atoms with Crippen LogP contribution in [0.4, 0.5) is 13.2 Å². The lowest BCUT2D eigenvalue weighted by Crippen LogP contribution is -2.35. The molecule has 1 heterocycles. The molecular weight excluding hydrogens is 437 g/mol. The van der Waals surface area contributed by atoms with Crippen LogP contribution < -0.4 is 10.1 Å². The molecule has 1 fully saturated rings. The Balaban J connectivity index is 1.66. The molecule has 174 valence electrons. The Morgan fingerprint density at radius 3 is 2.42 bits per heavy atom. The molecule has 0 aromatic heterocycles. The largest absolute Gasteiger partial charge is 0.503 e. The fourth-order valence-corrected chi connectivity index (χ4v) is 3.99. The highest BCUT2D eigenvalue weighted by Crippen LogP contribution is 2.45. The second-order valence-electron chi connectivity index (χ2n) is 8.18. The number of hydrogen-bond donors (Lipinski definition) is 2. The summed E-state index contributed by atoms with van der Waals surface area (Å²) in [6, 6.07) is 10.4. The van der Waals surface area contributed by atoms with Crippen molar-refractivity contribution in [2.24, 2.45) is 5.92 Å². The summed E-state index contributed by atoms with van der Waals surface area (Å²) < 4.78 is 46.4. The third-order valence-electron chi connectivity index (χ3n) is 5.87. The van der Waals surface area contributed by atoms with E-state index in [-0.39, 0.29) is 30.1 Å². The molecule has 6 nitrogen and oxygen atoms in total. The topological polar surface area (TPSA) is 78.9 Å². The number of aliphatic hydroxyl groups excluding tert-OH is 1. The first kappa shape index (κ1) is 22.7. The molecule has 2 aliphatic rings. The maximum Gasteiger partial charge on any atom is 0.416 e. The van der Waals surface area contributed by atoms with Gasteiger partial charge in [-0.05, 0) is 48.1 Å². The number of carbonyl (C=O) groups is 2. The smallest absolute Gasteiger partial charge is 0.416 e. The van der Waals surface area contributed by atoms with Gasteiger partial charge in [0.2, 0.25) is 0 Å². The van der Waals surface area contributed by atoms with Gasteiger partial charge in [-0.2, -0.15) is 13.2 Å². The third-order valence-corrected chi connectivity index (χ3v) is 5.87. The van der Waals surface area contributed by atoms with E-state index in [2.05, 4.69) is 5.32 Å². The van der Waals surface area contributed by atoms with E-state index in [1.165, 1.54) is 30.2 Å². The van der Waals surface area contributed by atoms with Gasteiger partial charge in [-0.25, -0.2) is 0 Å². The van der Waals surface area contributed by atoms with Gasteiger partial charge in [-0.15, -0.1) is 0 Å². The minimum absolute atomic E-state index is 0.0596. The molecule has 2 N–H and O–H groups in total. The second-order valence-corrected chi connectivity index (χ2v) is 8.18. The first-order chi connectivity index (χ1) is 15.7. The number of rotatable bonds is 7. The van der Waals surface area contributed by atoms with Crippen LogP contribution in [0.25, 0.3) is 0 Å². The predicted molar refractivity (Wildman–Crippen MR) is 113 cm³/mol. The molecule has 1 aliphatic heterocycles. The van der Waals surface area contributed by atoms with Crippen LogP contribution in [-0.4, -0.2) is 35.5 Å². The van der Waals surface area contributed by atoms with Crippen molar-refractivity contribution >= 4 is 11.8 Å². The summed E-state index contributed by atoms with van der Waals surface area (Å²) in [6.45, 7) is 0.235. The van der Waals surface area contributed by atoms with Crippen molar-refractivity contribution in [2.75, 3.05) is 13.7 Å². The first-order valence-electron chi connectivity index (χ1n) is 10.5. The number of alkyl halides is 3. The van der Waals surface area contributed by atoms with Gasteiger partial charge in [-0.3, -0.25) is 9.59 Å². The summed E-state index contributed by atoms with van der Waals surface area (Å²) in [4.78, 5) is 27.1. The summed E-state index contributed by atoms with van der Waals surface area (Å²) >= 11 is 0. The van der Waals surface area contributed by atoms with Crippen LogP contribution in [0.15, 0.2) is 59.9 Å². The number of benzene rings is 2. The van der Waals surface area contributed by atoms with E-state index in [0.29, 0.717) is 5.75 Å². The summed E-state index contributed by atoms with van der Waals surface area (Å²) in [7, 11) is 1.52. The Bertz CT molecular complexity index is 1090. The van der Waals surface area contributed by atoms with E-state index >= 15 is 0 Å². The maximum atomic E-state index is 13.8. The van der Waals surface area contributed by atoms with Gasteiger partial charge < -0.3 is 20.1 Å². The molecule has 0 radical (unpaired) electrons. The second kappa shape index (κ2) is 8.80. The van der Waals surface area contributed by atoms with E-state index in [9.17, 15) is 27.9 Å². The number of halogens is 3. The molecular formula is C24H23F3N2O4. The van der Waals surface area contributed by atoms with Crippen molar-refractivity contribution < 1.29 is 32.6 Å². The van der Waals surface area contributed by atoms with Gasteiger partial charge in [0.05, 0.1) is 24.3 Å². The zero-order valence-electron chi connectivity index (χ0n) is 17.9. The molecule has 0 saturated heterocycles. The summed E-state index contributed by atoms with van der Waals surface area (Å²) in [5.41, 5.74) is -0.835.